The second-order valence-corrected chi connectivity index (χ2v) is 4.84. The van der Waals surface area contributed by atoms with E-state index in [1.807, 2.05) is 36.4 Å². The highest BCUT2D eigenvalue weighted by molar-refractivity contribution is 5.91. The molecule has 21 heavy (non-hydrogen) atoms. The van der Waals surface area contributed by atoms with Crippen molar-refractivity contribution in [2.45, 2.75) is 13.3 Å². The molecule has 0 aliphatic heterocycles. The molecule has 2 heterocycles. The molecule has 2 aromatic heterocycles. The first-order valence-corrected chi connectivity index (χ1v) is 7.18. The Morgan fingerprint density at radius 3 is 2.67 bits per heavy atom. The molecule has 0 aliphatic rings. The van der Waals surface area contributed by atoms with Crippen molar-refractivity contribution in [3.8, 4) is 0 Å². The van der Waals surface area contributed by atoms with E-state index >= 15 is 0 Å². The summed E-state index contributed by atoms with van der Waals surface area (Å²) in [5.41, 5.74) is 1.92. The SMILES string of the molecule is CCCNc1cccc(Nc2cccc3cccnc23)n1. The largest absolute Gasteiger partial charge is 0.370 e. The summed E-state index contributed by atoms with van der Waals surface area (Å²) in [7, 11) is 0. The van der Waals surface area contributed by atoms with Crippen LogP contribution < -0.4 is 10.6 Å². The van der Waals surface area contributed by atoms with Gasteiger partial charge in [-0.05, 0) is 30.7 Å². The minimum atomic E-state index is 0.814. The van der Waals surface area contributed by atoms with Crippen molar-refractivity contribution in [3.05, 3.63) is 54.7 Å². The predicted molar refractivity (Wildman–Crippen MR) is 88.0 cm³/mol. The van der Waals surface area contributed by atoms with Crippen LogP contribution in [0.2, 0.25) is 0 Å². The van der Waals surface area contributed by atoms with Crippen LogP contribution in [-0.2, 0) is 0 Å². The Morgan fingerprint density at radius 1 is 0.952 bits per heavy atom. The average molecular weight is 278 g/mol. The summed E-state index contributed by atoms with van der Waals surface area (Å²) in [4.78, 5) is 9.01. The molecule has 1 aromatic carbocycles. The maximum atomic E-state index is 4.56. The van der Waals surface area contributed by atoms with Gasteiger partial charge in [-0.2, -0.15) is 0 Å². The number of hydrogen-bond donors (Lipinski definition) is 2. The smallest absolute Gasteiger partial charge is 0.132 e. The van der Waals surface area contributed by atoms with E-state index in [9.17, 15) is 0 Å². The van der Waals surface area contributed by atoms with Crippen molar-refractivity contribution in [3.63, 3.8) is 0 Å². The van der Waals surface area contributed by atoms with E-state index < -0.39 is 0 Å². The lowest BCUT2D eigenvalue weighted by atomic mass is 10.2. The van der Waals surface area contributed by atoms with E-state index in [0.29, 0.717) is 0 Å². The van der Waals surface area contributed by atoms with Crippen molar-refractivity contribution in [1.29, 1.82) is 0 Å². The van der Waals surface area contributed by atoms with Gasteiger partial charge in [0.25, 0.3) is 0 Å². The molecule has 0 aliphatic carbocycles. The predicted octanol–water partition coefficient (Wildman–Crippen LogP) is 4.20. The number of para-hydroxylation sites is 1. The molecule has 0 saturated heterocycles. The van der Waals surface area contributed by atoms with Crippen LogP contribution in [0.15, 0.2) is 54.7 Å². The average Bonchev–Trinajstić information content (AvgIpc) is 2.54. The maximum absolute atomic E-state index is 4.56. The number of nitrogens with one attached hydrogen (secondary N) is 2. The Morgan fingerprint density at radius 2 is 1.76 bits per heavy atom. The fourth-order valence-electron chi connectivity index (χ4n) is 2.20. The molecule has 0 bridgehead atoms. The molecule has 0 amide bonds. The number of pyridine rings is 2. The highest BCUT2D eigenvalue weighted by atomic mass is 15.1. The number of aromatic nitrogens is 2. The number of anilines is 3. The summed E-state index contributed by atoms with van der Waals surface area (Å²) in [5, 5.41) is 7.75. The Balaban J connectivity index is 1.88. The highest BCUT2D eigenvalue weighted by Crippen LogP contribution is 2.24. The Kier molecular flexibility index (Phi) is 3.96. The van der Waals surface area contributed by atoms with Gasteiger partial charge in [0.15, 0.2) is 0 Å². The van der Waals surface area contributed by atoms with Crippen LogP contribution in [0.4, 0.5) is 17.3 Å². The van der Waals surface area contributed by atoms with Crippen LogP contribution in [0.25, 0.3) is 10.9 Å². The van der Waals surface area contributed by atoms with Crippen LogP contribution in [0.5, 0.6) is 0 Å². The third kappa shape index (κ3) is 3.11. The van der Waals surface area contributed by atoms with Crippen LogP contribution in [0.1, 0.15) is 13.3 Å². The van der Waals surface area contributed by atoms with Gasteiger partial charge < -0.3 is 10.6 Å². The standard InChI is InChI=1S/C17H18N4/c1-2-11-18-15-9-4-10-16(21-15)20-14-8-3-6-13-7-5-12-19-17(13)14/h3-10,12H,2,11H2,1H3,(H2,18,20,21). The minimum absolute atomic E-state index is 0.814. The fourth-order valence-corrected chi connectivity index (χ4v) is 2.20. The number of benzene rings is 1. The van der Waals surface area contributed by atoms with Crippen molar-refractivity contribution in [1.82, 2.24) is 9.97 Å². The second-order valence-electron chi connectivity index (χ2n) is 4.84. The molecule has 3 aromatic rings. The van der Waals surface area contributed by atoms with Gasteiger partial charge in [-0.3, -0.25) is 4.98 Å². The van der Waals surface area contributed by atoms with Gasteiger partial charge in [0.2, 0.25) is 0 Å². The lowest BCUT2D eigenvalue weighted by Crippen LogP contribution is -2.03. The lowest BCUT2D eigenvalue weighted by molar-refractivity contribution is 0.970. The molecular weight excluding hydrogens is 260 g/mol. The summed E-state index contributed by atoms with van der Waals surface area (Å²) >= 11 is 0. The molecular formula is C17H18N4. The van der Waals surface area contributed by atoms with Crippen LogP contribution in [0.3, 0.4) is 0 Å². The van der Waals surface area contributed by atoms with Gasteiger partial charge in [0.05, 0.1) is 11.2 Å². The Labute approximate surface area is 124 Å². The summed E-state index contributed by atoms with van der Waals surface area (Å²) in [5.74, 6) is 1.70. The molecule has 0 radical (unpaired) electrons. The molecule has 4 nitrogen and oxygen atoms in total. The topological polar surface area (TPSA) is 49.8 Å². The lowest BCUT2D eigenvalue weighted by Gasteiger charge is -2.10. The van der Waals surface area contributed by atoms with E-state index in [0.717, 1.165) is 41.2 Å². The molecule has 0 saturated carbocycles. The Hall–Kier alpha value is -2.62. The van der Waals surface area contributed by atoms with Gasteiger partial charge in [-0.1, -0.05) is 31.2 Å². The van der Waals surface area contributed by atoms with Gasteiger partial charge in [0, 0.05) is 18.1 Å². The van der Waals surface area contributed by atoms with E-state index in [4.69, 9.17) is 0 Å². The molecule has 0 spiro atoms. The molecule has 0 unspecified atom stereocenters. The van der Waals surface area contributed by atoms with Crippen LogP contribution >= 0.6 is 0 Å². The van der Waals surface area contributed by atoms with Gasteiger partial charge in [0.1, 0.15) is 11.6 Å². The number of hydrogen-bond acceptors (Lipinski definition) is 4. The van der Waals surface area contributed by atoms with Crippen LogP contribution in [-0.4, -0.2) is 16.5 Å². The van der Waals surface area contributed by atoms with E-state index in [-0.39, 0.29) is 0 Å². The zero-order valence-electron chi connectivity index (χ0n) is 12.0. The summed E-state index contributed by atoms with van der Waals surface area (Å²) in [6, 6.07) is 16.0. The summed E-state index contributed by atoms with van der Waals surface area (Å²) in [6.07, 6.45) is 2.88. The summed E-state index contributed by atoms with van der Waals surface area (Å²) in [6.45, 7) is 3.06. The third-order valence-corrected chi connectivity index (χ3v) is 3.20. The molecule has 0 fully saturated rings. The highest BCUT2D eigenvalue weighted by Gasteiger charge is 2.03. The number of rotatable bonds is 5. The van der Waals surface area contributed by atoms with Gasteiger partial charge in [-0.25, -0.2) is 4.98 Å². The minimum Gasteiger partial charge on any atom is -0.370 e. The molecule has 3 rings (SSSR count). The fraction of sp³-hybridized carbons (Fsp3) is 0.176. The normalized spacial score (nSPS) is 10.5. The molecule has 2 N–H and O–H groups in total. The second kappa shape index (κ2) is 6.22. The van der Waals surface area contributed by atoms with Gasteiger partial charge >= 0.3 is 0 Å². The Bertz CT molecular complexity index is 734. The first-order valence-electron chi connectivity index (χ1n) is 7.18. The summed E-state index contributed by atoms with van der Waals surface area (Å²) < 4.78 is 0. The van der Waals surface area contributed by atoms with Crippen molar-refractivity contribution in [2.24, 2.45) is 0 Å². The first-order chi connectivity index (χ1) is 10.4. The quantitative estimate of drug-likeness (QED) is 0.734. The molecule has 0 atom stereocenters. The molecule has 4 heteroatoms. The zero-order chi connectivity index (χ0) is 14.5. The number of nitrogens with zero attached hydrogens (tertiary/aromatic N) is 2. The maximum Gasteiger partial charge on any atom is 0.132 e. The van der Waals surface area contributed by atoms with Gasteiger partial charge in [-0.15, -0.1) is 0 Å². The number of fused-ring (bicyclic) bond motifs is 1. The van der Waals surface area contributed by atoms with Crippen LogP contribution in [0, 0.1) is 0 Å². The molecule has 106 valence electrons. The monoisotopic (exact) mass is 278 g/mol. The van der Waals surface area contributed by atoms with Crippen molar-refractivity contribution in [2.75, 3.05) is 17.2 Å². The van der Waals surface area contributed by atoms with E-state index in [1.165, 1.54) is 0 Å². The first kappa shape index (κ1) is 13.4. The van der Waals surface area contributed by atoms with E-state index in [2.05, 4.69) is 39.7 Å². The third-order valence-electron chi connectivity index (χ3n) is 3.20. The van der Waals surface area contributed by atoms with Crippen molar-refractivity contribution < 1.29 is 0 Å². The van der Waals surface area contributed by atoms with Crippen molar-refractivity contribution >= 4 is 28.2 Å². The van der Waals surface area contributed by atoms with E-state index in [1.54, 1.807) is 6.20 Å². The zero-order valence-corrected chi connectivity index (χ0v) is 12.0.